The fourth-order valence-electron chi connectivity index (χ4n) is 2.63. The predicted molar refractivity (Wildman–Crippen MR) is 110 cm³/mol. The van der Waals surface area contributed by atoms with Crippen molar-refractivity contribution in [3.63, 3.8) is 0 Å². The number of carbonyl (C=O) groups is 3. The minimum absolute atomic E-state index is 0.161. The smallest absolute Gasteiger partial charge is 0.306 e. The molecule has 0 unspecified atom stereocenters. The first-order valence-electron chi connectivity index (χ1n) is 9.44. The Balaban J connectivity index is 1.65. The number of ether oxygens (including phenoxy) is 2. The summed E-state index contributed by atoms with van der Waals surface area (Å²) in [5.41, 5.74) is 2.70. The average Bonchev–Trinajstić information content (AvgIpc) is 2.75. The molecule has 0 fully saturated rings. The SMILES string of the molecule is CCc1ccccc1NC(=O)CNC(=O)COC(=O)CCc1ccc(OC)cc1. The van der Waals surface area contributed by atoms with Crippen LogP contribution in [0.4, 0.5) is 5.69 Å². The standard InChI is InChI=1S/C22H26N2O5/c1-3-17-6-4-5-7-19(17)24-20(25)14-23-21(26)15-29-22(27)13-10-16-8-11-18(28-2)12-9-16/h4-9,11-12H,3,10,13-15H2,1-2H3,(H,23,26)(H,24,25). The molecule has 2 rings (SSSR count). The van der Waals surface area contributed by atoms with E-state index in [0.29, 0.717) is 6.42 Å². The molecular formula is C22H26N2O5. The first-order valence-corrected chi connectivity index (χ1v) is 9.44. The molecule has 2 N–H and O–H groups in total. The molecule has 0 heterocycles. The third kappa shape index (κ3) is 7.65. The molecule has 0 aliphatic carbocycles. The van der Waals surface area contributed by atoms with Crippen LogP contribution in [0.15, 0.2) is 48.5 Å². The fourth-order valence-corrected chi connectivity index (χ4v) is 2.63. The first-order chi connectivity index (χ1) is 14.0. The van der Waals surface area contributed by atoms with Gasteiger partial charge in [-0.25, -0.2) is 0 Å². The van der Waals surface area contributed by atoms with Gasteiger partial charge in [-0.3, -0.25) is 14.4 Å². The maximum Gasteiger partial charge on any atom is 0.306 e. The van der Waals surface area contributed by atoms with E-state index < -0.39 is 18.5 Å². The van der Waals surface area contributed by atoms with Crippen molar-refractivity contribution in [1.82, 2.24) is 5.32 Å². The zero-order chi connectivity index (χ0) is 21.1. The van der Waals surface area contributed by atoms with Gasteiger partial charge >= 0.3 is 5.97 Å². The Kier molecular flexibility index (Phi) is 8.69. The quantitative estimate of drug-likeness (QED) is 0.600. The van der Waals surface area contributed by atoms with Gasteiger partial charge in [0.2, 0.25) is 5.91 Å². The fraction of sp³-hybridized carbons (Fsp3) is 0.318. The Bertz CT molecular complexity index is 833. The van der Waals surface area contributed by atoms with E-state index in [-0.39, 0.29) is 18.9 Å². The molecule has 2 aromatic rings. The second kappa shape index (κ2) is 11.5. The summed E-state index contributed by atoms with van der Waals surface area (Å²) < 4.78 is 10.0. The van der Waals surface area contributed by atoms with Crippen molar-refractivity contribution in [2.45, 2.75) is 26.2 Å². The van der Waals surface area contributed by atoms with Gasteiger partial charge in [-0.2, -0.15) is 0 Å². The molecule has 0 radical (unpaired) electrons. The first kappa shape index (κ1) is 21.9. The molecule has 7 heteroatoms. The molecule has 2 amide bonds. The number of hydrogen-bond acceptors (Lipinski definition) is 5. The van der Waals surface area contributed by atoms with Crippen molar-refractivity contribution in [3.8, 4) is 5.75 Å². The number of para-hydroxylation sites is 1. The summed E-state index contributed by atoms with van der Waals surface area (Å²) in [6.07, 6.45) is 1.45. The molecule has 0 bridgehead atoms. The number of rotatable bonds is 10. The van der Waals surface area contributed by atoms with E-state index in [1.54, 1.807) is 7.11 Å². The molecular weight excluding hydrogens is 372 g/mol. The van der Waals surface area contributed by atoms with Crippen LogP contribution in [-0.2, 0) is 32.0 Å². The van der Waals surface area contributed by atoms with E-state index in [1.165, 1.54) is 0 Å². The van der Waals surface area contributed by atoms with Crippen LogP contribution in [0.25, 0.3) is 0 Å². The Morgan fingerprint density at radius 1 is 0.966 bits per heavy atom. The van der Waals surface area contributed by atoms with Crippen LogP contribution in [0.3, 0.4) is 0 Å². The van der Waals surface area contributed by atoms with Crippen LogP contribution in [0.2, 0.25) is 0 Å². The lowest BCUT2D eigenvalue weighted by atomic mass is 10.1. The topological polar surface area (TPSA) is 93.7 Å². The monoisotopic (exact) mass is 398 g/mol. The second-order valence-corrected chi connectivity index (χ2v) is 6.34. The minimum Gasteiger partial charge on any atom is -0.497 e. The molecule has 0 aliphatic heterocycles. The van der Waals surface area contributed by atoms with Crippen molar-refractivity contribution in [3.05, 3.63) is 59.7 Å². The molecule has 7 nitrogen and oxygen atoms in total. The van der Waals surface area contributed by atoms with Gasteiger partial charge < -0.3 is 20.1 Å². The van der Waals surface area contributed by atoms with Gasteiger partial charge in [0.15, 0.2) is 6.61 Å². The van der Waals surface area contributed by atoms with Crippen molar-refractivity contribution in [1.29, 1.82) is 0 Å². The lowest BCUT2D eigenvalue weighted by Gasteiger charge is -2.10. The molecule has 0 aromatic heterocycles. The largest absolute Gasteiger partial charge is 0.497 e. The number of amides is 2. The van der Waals surface area contributed by atoms with Gasteiger partial charge in [-0.15, -0.1) is 0 Å². The van der Waals surface area contributed by atoms with E-state index in [0.717, 1.165) is 29.0 Å². The zero-order valence-electron chi connectivity index (χ0n) is 16.7. The highest BCUT2D eigenvalue weighted by Gasteiger charge is 2.10. The van der Waals surface area contributed by atoms with Crippen molar-refractivity contribution in [2.75, 3.05) is 25.6 Å². The number of esters is 1. The van der Waals surface area contributed by atoms with Crippen LogP contribution in [0.5, 0.6) is 5.75 Å². The van der Waals surface area contributed by atoms with Gasteiger partial charge in [0.1, 0.15) is 5.75 Å². The molecule has 0 aliphatic rings. The van der Waals surface area contributed by atoms with Gasteiger partial charge in [0, 0.05) is 12.1 Å². The highest BCUT2D eigenvalue weighted by molar-refractivity contribution is 5.95. The normalized spacial score (nSPS) is 10.1. The summed E-state index contributed by atoms with van der Waals surface area (Å²) in [7, 11) is 1.59. The Morgan fingerprint density at radius 2 is 1.69 bits per heavy atom. The highest BCUT2D eigenvalue weighted by Crippen LogP contribution is 2.15. The maximum absolute atomic E-state index is 12.0. The van der Waals surface area contributed by atoms with Crippen LogP contribution >= 0.6 is 0 Å². The van der Waals surface area contributed by atoms with Crippen LogP contribution in [0, 0.1) is 0 Å². The summed E-state index contributed by atoms with van der Waals surface area (Å²) in [4.78, 5) is 35.6. The van der Waals surface area contributed by atoms with E-state index in [4.69, 9.17) is 9.47 Å². The molecule has 0 spiro atoms. The molecule has 0 atom stereocenters. The summed E-state index contributed by atoms with van der Waals surface area (Å²) in [5.74, 6) is -0.598. The van der Waals surface area contributed by atoms with E-state index in [2.05, 4.69) is 10.6 Å². The number of aryl methyl sites for hydroxylation is 2. The Hall–Kier alpha value is -3.35. The predicted octanol–water partition coefficient (Wildman–Crippen LogP) is 2.49. The van der Waals surface area contributed by atoms with Crippen LogP contribution in [0.1, 0.15) is 24.5 Å². The molecule has 0 saturated heterocycles. The number of anilines is 1. The maximum atomic E-state index is 12.0. The molecule has 0 saturated carbocycles. The number of carbonyl (C=O) groups excluding carboxylic acids is 3. The lowest BCUT2D eigenvalue weighted by molar-refractivity contribution is -0.148. The van der Waals surface area contributed by atoms with Gasteiger partial charge in [-0.05, 0) is 42.2 Å². The van der Waals surface area contributed by atoms with Gasteiger partial charge in [0.05, 0.1) is 13.7 Å². The molecule has 154 valence electrons. The van der Waals surface area contributed by atoms with Gasteiger partial charge in [0.25, 0.3) is 5.91 Å². The third-order valence-corrected chi connectivity index (χ3v) is 4.26. The molecule has 2 aromatic carbocycles. The Labute approximate surface area is 170 Å². The van der Waals surface area contributed by atoms with Crippen molar-refractivity contribution in [2.24, 2.45) is 0 Å². The Morgan fingerprint density at radius 3 is 2.38 bits per heavy atom. The van der Waals surface area contributed by atoms with Gasteiger partial charge in [-0.1, -0.05) is 37.3 Å². The number of benzene rings is 2. The van der Waals surface area contributed by atoms with E-state index in [1.807, 2.05) is 55.5 Å². The zero-order valence-corrected chi connectivity index (χ0v) is 16.7. The number of hydrogen-bond donors (Lipinski definition) is 2. The third-order valence-electron chi connectivity index (χ3n) is 4.26. The van der Waals surface area contributed by atoms with Crippen molar-refractivity contribution < 1.29 is 23.9 Å². The number of methoxy groups -OCH3 is 1. The molecule has 29 heavy (non-hydrogen) atoms. The minimum atomic E-state index is -0.526. The van der Waals surface area contributed by atoms with E-state index >= 15 is 0 Å². The lowest BCUT2D eigenvalue weighted by Crippen LogP contribution is -2.35. The summed E-state index contributed by atoms with van der Waals surface area (Å²) in [5, 5.41) is 5.20. The second-order valence-electron chi connectivity index (χ2n) is 6.34. The summed E-state index contributed by atoms with van der Waals surface area (Å²) >= 11 is 0. The highest BCUT2D eigenvalue weighted by atomic mass is 16.5. The summed E-state index contributed by atoms with van der Waals surface area (Å²) in [6, 6.07) is 14.8. The summed E-state index contributed by atoms with van der Waals surface area (Å²) in [6.45, 7) is 1.39. The van der Waals surface area contributed by atoms with Crippen molar-refractivity contribution >= 4 is 23.5 Å². The van der Waals surface area contributed by atoms with Crippen LogP contribution < -0.4 is 15.4 Å². The van der Waals surface area contributed by atoms with Crippen LogP contribution in [-0.4, -0.2) is 38.0 Å². The van der Waals surface area contributed by atoms with E-state index in [9.17, 15) is 14.4 Å². The number of nitrogens with one attached hydrogen (secondary N) is 2. The average molecular weight is 398 g/mol.